The predicted molar refractivity (Wildman–Crippen MR) is 162 cm³/mol. The minimum Gasteiger partial charge on any atom is -0.444 e. The van der Waals surface area contributed by atoms with Gasteiger partial charge in [0.1, 0.15) is 23.3 Å². The van der Waals surface area contributed by atoms with E-state index in [9.17, 15) is 19.2 Å². The van der Waals surface area contributed by atoms with E-state index in [1.165, 1.54) is 0 Å². The van der Waals surface area contributed by atoms with Gasteiger partial charge in [-0.1, -0.05) is 60.7 Å². The smallest absolute Gasteiger partial charge is 0.408 e. The summed E-state index contributed by atoms with van der Waals surface area (Å²) in [6.45, 7) is 11.3. The summed E-state index contributed by atoms with van der Waals surface area (Å²) in [5.74, 6) is -0.642. The molecule has 0 bridgehead atoms. The molecular formula is C32H46N4O6. The molecule has 0 saturated carbocycles. The summed E-state index contributed by atoms with van der Waals surface area (Å²) in [5, 5.41) is 11.1. The zero-order chi connectivity index (χ0) is 31.2. The second-order valence-electron chi connectivity index (χ2n) is 12.1. The first kappa shape index (κ1) is 34.1. The number of benzene rings is 2. The van der Waals surface area contributed by atoms with Crippen molar-refractivity contribution in [3.8, 4) is 0 Å². The maximum absolute atomic E-state index is 13.0. The molecule has 10 heteroatoms. The van der Waals surface area contributed by atoms with Crippen LogP contribution in [0.2, 0.25) is 0 Å². The SMILES string of the molecule is CC(C)(C)OC(=O)N[C@H](Cc1ccccc1)C(=O)NCCCCNC(=O)[C@@H](Cc1ccccc1)NC(=O)OC(C)(C)C. The molecule has 2 aromatic carbocycles. The van der Waals surface area contributed by atoms with Gasteiger partial charge < -0.3 is 30.7 Å². The van der Waals surface area contributed by atoms with Gasteiger partial charge in [-0.25, -0.2) is 9.59 Å². The van der Waals surface area contributed by atoms with Crippen LogP contribution >= 0.6 is 0 Å². The van der Waals surface area contributed by atoms with Crippen molar-refractivity contribution in [2.24, 2.45) is 0 Å². The molecule has 42 heavy (non-hydrogen) atoms. The highest BCUT2D eigenvalue weighted by Gasteiger charge is 2.26. The Morgan fingerprint density at radius 3 is 1.24 bits per heavy atom. The van der Waals surface area contributed by atoms with Gasteiger partial charge in [-0.15, -0.1) is 0 Å². The molecule has 0 fully saturated rings. The van der Waals surface area contributed by atoms with E-state index < -0.39 is 35.5 Å². The molecule has 0 unspecified atom stereocenters. The maximum Gasteiger partial charge on any atom is 0.408 e. The van der Waals surface area contributed by atoms with Crippen LogP contribution in [0.3, 0.4) is 0 Å². The zero-order valence-electron chi connectivity index (χ0n) is 25.6. The second kappa shape index (κ2) is 16.4. The molecule has 4 amide bonds. The van der Waals surface area contributed by atoms with Gasteiger partial charge in [0.05, 0.1) is 0 Å². The molecule has 0 radical (unpaired) electrons. The van der Waals surface area contributed by atoms with Crippen molar-refractivity contribution in [3.63, 3.8) is 0 Å². The summed E-state index contributed by atoms with van der Waals surface area (Å²) < 4.78 is 10.7. The lowest BCUT2D eigenvalue weighted by atomic mass is 10.1. The standard InChI is InChI=1S/C32H46N4O6/c1-31(2,3)41-29(39)35-25(21-23-15-9-7-10-16-23)27(37)33-19-13-14-20-34-28(38)26(22-24-17-11-8-12-18-24)36-30(40)42-32(4,5)6/h7-12,15-18,25-26H,13-14,19-22H2,1-6H3,(H,33,37)(H,34,38)(H,35,39)(H,36,40)/t25-,26-/m1/s1. The number of amides is 4. The summed E-state index contributed by atoms with van der Waals surface area (Å²) in [6, 6.07) is 17.2. The van der Waals surface area contributed by atoms with Gasteiger partial charge in [0.25, 0.3) is 0 Å². The van der Waals surface area contributed by atoms with Crippen molar-refractivity contribution in [1.29, 1.82) is 0 Å². The van der Waals surface area contributed by atoms with Gasteiger partial charge >= 0.3 is 12.2 Å². The van der Waals surface area contributed by atoms with Crippen LogP contribution in [0.5, 0.6) is 0 Å². The fourth-order valence-electron chi connectivity index (χ4n) is 3.94. The number of alkyl carbamates (subject to hydrolysis) is 2. The molecule has 0 aliphatic carbocycles. The van der Waals surface area contributed by atoms with E-state index in [-0.39, 0.29) is 11.8 Å². The minimum absolute atomic E-state index is 0.315. The summed E-state index contributed by atoms with van der Waals surface area (Å²) in [7, 11) is 0. The van der Waals surface area contributed by atoms with Crippen molar-refractivity contribution < 1.29 is 28.7 Å². The summed E-state index contributed by atoms with van der Waals surface area (Å²) in [4.78, 5) is 50.6. The second-order valence-corrected chi connectivity index (χ2v) is 12.1. The average Bonchev–Trinajstić information content (AvgIpc) is 2.88. The Hall–Kier alpha value is -4.08. The third-order valence-electron chi connectivity index (χ3n) is 5.78. The van der Waals surface area contributed by atoms with E-state index >= 15 is 0 Å². The zero-order valence-corrected chi connectivity index (χ0v) is 25.6. The van der Waals surface area contributed by atoms with Gasteiger partial charge in [-0.3, -0.25) is 9.59 Å². The van der Waals surface area contributed by atoms with Crippen LogP contribution in [0.25, 0.3) is 0 Å². The normalized spacial score (nSPS) is 12.8. The molecule has 230 valence electrons. The lowest BCUT2D eigenvalue weighted by Gasteiger charge is -2.24. The van der Waals surface area contributed by atoms with Crippen molar-refractivity contribution >= 4 is 24.0 Å². The molecular weight excluding hydrogens is 536 g/mol. The van der Waals surface area contributed by atoms with E-state index in [2.05, 4.69) is 21.3 Å². The maximum atomic E-state index is 13.0. The van der Waals surface area contributed by atoms with Crippen molar-refractivity contribution in [2.45, 2.75) is 90.5 Å². The van der Waals surface area contributed by atoms with Crippen LogP contribution in [0.1, 0.15) is 65.5 Å². The van der Waals surface area contributed by atoms with E-state index in [1.54, 1.807) is 41.5 Å². The lowest BCUT2D eigenvalue weighted by Crippen LogP contribution is -2.50. The van der Waals surface area contributed by atoms with Crippen LogP contribution in [0.4, 0.5) is 9.59 Å². The van der Waals surface area contributed by atoms with E-state index in [4.69, 9.17) is 9.47 Å². The Morgan fingerprint density at radius 1 is 0.595 bits per heavy atom. The van der Waals surface area contributed by atoms with Gasteiger partial charge in [0.15, 0.2) is 0 Å². The average molecular weight is 583 g/mol. The van der Waals surface area contributed by atoms with E-state index in [1.807, 2.05) is 60.7 Å². The number of hydrogen-bond acceptors (Lipinski definition) is 6. The van der Waals surface area contributed by atoms with Crippen LogP contribution in [-0.2, 0) is 31.9 Å². The molecule has 0 spiro atoms. The van der Waals surface area contributed by atoms with Crippen molar-refractivity contribution in [1.82, 2.24) is 21.3 Å². The Labute approximate surface area is 249 Å². The number of unbranched alkanes of at least 4 members (excludes halogenated alkanes) is 1. The molecule has 4 N–H and O–H groups in total. The topological polar surface area (TPSA) is 135 Å². The number of nitrogens with one attached hydrogen (secondary N) is 4. The first-order valence-corrected chi connectivity index (χ1v) is 14.3. The third kappa shape index (κ3) is 14.5. The van der Waals surface area contributed by atoms with E-state index in [0.29, 0.717) is 38.8 Å². The van der Waals surface area contributed by atoms with Gasteiger partial charge in [-0.05, 0) is 65.5 Å². The molecule has 0 aliphatic heterocycles. The lowest BCUT2D eigenvalue weighted by molar-refractivity contribution is -0.124. The molecule has 0 aromatic heterocycles. The first-order valence-electron chi connectivity index (χ1n) is 14.3. The number of carbonyl (C=O) groups is 4. The fourth-order valence-corrected chi connectivity index (χ4v) is 3.94. The Kier molecular flexibility index (Phi) is 13.3. The van der Waals surface area contributed by atoms with Gasteiger partial charge in [0, 0.05) is 25.9 Å². The predicted octanol–water partition coefficient (Wildman–Crippen LogP) is 4.27. The molecule has 2 rings (SSSR count). The van der Waals surface area contributed by atoms with Crippen LogP contribution < -0.4 is 21.3 Å². The molecule has 0 saturated heterocycles. The van der Waals surface area contributed by atoms with Gasteiger partial charge in [-0.2, -0.15) is 0 Å². The molecule has 2 atom stereocenters. The molecule has 0 heterocycles. The number of rotatable bonds is 13. The number of ether oxygens (including phenoxy) is 2. The van der Waals surface area contributed by atoms with Crippen LogP contribution in [0.15, 0.2) is 60.7 Å². The monoisotopic (exact) mass is 582 g/mol. The Morgan fingerprint density at radius 2 is 0.929 bits per heavy atom. The van der Waals surface area contributed by atoms with Crippen LogP contribution in [0, 0.1) is 0 Å². The minimum atomic E-state index is -0.806. The summed E-state index contributed by atoms with van der Waals surface area (Å²) in [5.41, 5.74) is 0.429. The number of carbonyl (C=O) groups excluding carboxylic acids is 4. The quantitative estimate of drug-likeness (QED) is 0.261. The highest BCUT2D eigenvalue weighted by molar-refractivity contribution is 5.86. The number of hydrogen-bond donors (Lipinski definition) is 4. The van der Waals surface area contributed by atoms with Crippen molar-refractivity contribution in [3.05, 3.63) is 71.8 Å². The fraction of sp³-hybridized carbons (Fsp3) is 0.500. The molecule has 2 aromatic rings. The molecule has 10 nitrogen and oxygen atoms in total. The largest absolute Gasteiger partial charge is 0.444 e. The highest BCUT2D eigenvalue weighted by atomic mass is 16.6. The van der Waals surface area contributed by atoms with E-state index in [0.717, 1.165) is 11.1 Å². The van der Waals surface area contributed by atoms with Crippen molar-refractivity contribution in [2.75, 3.05) is 13.1 Å². The first-order chi connectivity index (χ1) is 19.7. The Bertz CT molecular complexity index is 1050. The summed E-state index contributed by atoms with van der Waals surface area (Å²) in [6.07, 6.45) is 0.501. The summed E-state index contributed by atoms with van der Waals surface area (Å²) >= 11 is 0. The third-order valence-corrected chi connectivity index (χ3v) is 5.78. The van der Waals surface area contributed by atoms with Crippen LogP contribution in [-0.4, -0.2) is 60.4 Å². The van der Waals surface area contributed by atoms with Gasteiger partial charge in [0.2, 0.25) is 11.8 Å². The Balaban J connectivity index is 1.85. The highest BCUT2D eigenvalue weighted by Crippen LogP contribution is 2.10. The molecule has 0 aliphatic rings.